The Hall–Kier alpha value is -2.73. The van der Waals surface area contributed by atoms with E-state index in [1.54, 1.807) is 0 Å². The van der Waals surface area contributed by atoms with E-state index in [2.05, 4.69) is 64.0 Å². The van der Waals surface area contributed by atoms with E-state index in [4.69, 9.17) is 0 Å². The molecule has 22 heavy (non-hydrogen) atoms. The Bertz CT molecular complexity index is 846. The number of benzene rings is 1. The van der Waals surface area contributed by atoms with Gasteiger partial charge in [-0.25, -0.2) is 4.98 Å². The Kier molecular flexibility index (Phi) is 3.84. The maximum atomic E-state index is 4.51. The first-order valence-corrected chi connectivity index (χ1v) is 7.43. The van der Waals surface area contributed by atoms with Gasteiger partial charge in [-0.3, -0.25) is 0 Å². The number of hydrogen-bond donors (Lipinski definition) is 1. The average Bonchev–Trinajstić information content (AvgIpc) is 2.95. The molecule has 2 aromatic heterocycles. The van der Waals surface area contributed by atoms with Crippen molar-refractivity contribution in [2.75, 3.05) is 19.0 Å². The molecule has 0 aliphatic carbocycles. The van der Waals surface area contributed by atoms with Crippen LogP contribution in [0.25, 0.3) is 22.2 Å². The van der Waals surface area contributed by atoms with Crippen molar-refractivity contribution < 1.29 is 0 Å². The van der Waals surface area contributed by atoms with Crippen LogP contribution in [0.2, 0.25) is 0 Å². The van der Waals surface area contributed by atoms with E-state index in [1.165, 1.54) is 5.69 Å². The van der Waals surface area contributed by atoms with Crippen molar-refractivity contribution in [2.45, 2.75) is 13.3 Å². The summed E-state index contributed by atoms with van der Waals surface area (Å²) in [6, 6.07) is 10.6. The highest BCUT2D eigenvalue weighted by molar-refractivity contribution is 5.87. The molecule has 0 spiro atoms. The average molecular weight is 289 g/mol. The van der Waals surface area contributed by atoms with Crippen LogP contribution in [0.5, 0.6) is 0 Å². The van der Waals surface area contributed by atoms with Gasteiger partial charge in [0.15, 0.2) is 0 Å². The van der Waals surface area contributed by atoms with Crippen LogP contribution in [-0.4, -0.2) is 24.1 Å². The first-order chi connectivity index (χ1) is 10.7. The van der Waals surface area contributed by atoms with Crippen molar-refractivity contribution in [1.29, 1.82) is 0 Å². The van der Waals surface area contributed by atoms with Crippen LogP contribution < -0.4 is 4.90 Å². The zero-order valence-corrected chi connectivity index (χ0v) is 13.1. The third kappa shape index (κ3) is 2.68. The molecule has 0 radical (unpaired) electrons. The van der Waals surface area contributed by atoms with Gasteiger partial charge in [0, 0.05) is 49.5 Å². The summed E-state index contributed by atoms with van der Waals surface area (Å²) in [5.41, 5.74) is 5.35. The molecular weight excluding hydrogens is 270 g/mol. The molecule has 0 amide bonds. The summed E-state index contributed by atoms with van der Waals surface area (Å²) in [4.78, 5) is 9.78. The zero-order valence-electron chi connectivity index (χ0n) is 13.1. The molecule has 0 atom stereocenters. The van der Waals surface area contributed by atoms with Crippen LogP contribution in [0.1, 0.15) is 18.9 Å². The fourth-order valence-corrected chi connectivity index (χ4v) is 2.40. The van der Waals surface area contributed by atoms with Crippen LogP contribution >= 0.6 is 0 Å². The van der Waals surface area contributed by atoms with Crippen LogP contribution in [0.3, 0.4) is 0 Å². The minimum atomic E-state index is 0.853. The van der Waals surface area contributed by atoms with Crippen LogP contribution in [0.4, 0.5) is 5.69 Å². The summed E-state index contributed by atoms with van der Waals surface area (Å²) >= 11 is 0. The molecule has 0 aliphatic rings. The largest absolute Gasteiger partial charge is 0.378 e. The molecule has 0 aliphatic heterocycles. The molecule has 0 unspecified atom stereocenters. The third-order valence-corrected chi connectivity index (χ3v) is 3.65. The van der Waals surface area contributed by atoms with Crippen molar-refractivity contribution in [2.24, 2.45) is 0 Å². The molecule has 110 valence electrons. The molecule has 2 heterocycles. The van der Waals surface area contributed by atoms with Crippen LogP contribution in [0.15, 0.2) is 42.7 Å². The lowest BCUT2D eigenvalue weighted by atomic mass is 10.1. The normalized spacial score (nSPS) is 10.3. The predicted octanol–water partition coefficient (Wildman–Crippen LogP) is 4.06. The minimum Gasteiger partial charge on any atom is -0.378 e. The summed E-state index contributed by atoms with van der Waals surface area (Å²) in [5.74, 6) is 6.31. The predicted molar refractivity (Wildman–Crippen MR) is 93.0 cm³/mol. The maximum Gasteiger partial charge on any atom is 0.138 e. The number of H-pyrrole nitrogens is 1. The van der Waals surface area contributed by atoms with Gasteiger partial charge in [-0.05, 0) is 23.8 Å². The van der Waals surface area contributed by atoms with E-state index in [1.807, 2.05) is 26.5 Å². The lowest BCUT2D eigenvalue weighted by Gasteiger charge is -2.12. The fourth-order valence-electron chi connectivity index (χ4n) is 2.40. The Labute approximate surface area is 131 Å². The highest BCUT2D eigenvalue weighted by Crippen LogP contribution is 2.26. The number of pyridine rings is 1. The SMILES string of the molecule is CCC#Cc1c[nH]c2ncc(-c3ccc(N(C)C)cc3)cc12. The van der Waals surface area contributed by atoms with Crippen molar-refractivity contribution in [3.05, 3.63) is 48.3 Å². The summed E-state index contributed by atoms with van der Waals surface area (Å²) < 4.78 is 0. The highest BCUT2D eigenvalue weighted by atomic mass is 15.1. The van der Waals surface area contributed by atoms with Gasteiger partial charge in [0.05, 0.1) is 5.56 Å². The van der Waals surface area contributed by atoms with Crippen molar-refractivity contribution in [3.8, 4) is 23.0 Å². The molecule has 3 heteroatoms. The number of nitrogens with zero attached hydrogens (tertiary/aromatic N) is 2. The molecule has 0 bridgehead atoms. The van der Waals surface area contributed by atoms with E-state index in [9.17, 15) is 0 Å². The molecule has 1 aromatic carbocycles. The first-order valence-electron chi connectivity index (χ1n) is 7.43. The Balaban J connectivity index is 2.03. The highest BCUT2D eigenvalue weighted by Gasteiger charge is 2.06. The lowest BCUT2D eigenvalue weighted by Crippen LogP contribution is -2.07. The second kappa shape index (κ2) is 5.95. The Morgan fingerprint density at radius 1 is 1.14 bits per heavy atom. The summed E-state index contributed by atoms with van der Waals surface area (Å²) in [6.07, 6.45) is 4.69. The second-order valence-corrected chi connectivity index (χ2v) is 5.42. The Morgan fingerprint density at radius 3 is 2.59 bits per heavy atom. The summed E-state index contributed by atoms with van der Waals surface area (Å²) in [6.45, 7) is 2.05. The standard InChI is InChI=1S/C19H19N3/c1-4-5-6-15-12-20-19-18(15)11-16(13-21-19)14-7-9-17(10-8-14)22(2)3/h7-13H,4H2,1-3H3,(H,20,21). The van der Waals surface area contributed by atoms with Gasteiger partial charge in [-0.1, -0.05) is 30.9 Å². The molecule has 0 saturated heterocycles. The second-order valence-electron chi connectivity index (χ2n) is 5.42. The smallest absolute Gasteiger partial charge is 0.138 e. The van der Waals surface area contributed by atoms with E-state index in [0.29, 0.717) is 0 Å². The molecule has 0 saturated carbocycles. The topological polar surface area (TPSA) is 31.9 Å². The number of aromatic amines is 1. The third-order valence-electron chi connectivity index (χ3n) is 3.65. The molecule has 3 rings (SSSR count). The van der Waals surface area contributed by atoms with Gasteiger partial charge in [0.25, 0.3) is 0 Å². The number of fused-ring (bicyclic) bond motifs is 1. The number of hydrogen-bond acceptors (Lipinski definition) is 2. The van der Waals surface area contributed by atoms with Gasteiger partial charge in [-0.2, -0.15) is 0 Å². The van der Waals surface area contributed by atoms with E-state index in [-0.39, 0.29) is 0 Å². The van der Waals surface area contributed by atoms with Gasteiger partial charge < -0.3 is 9.88 Å². The fraction of sp³-hybridized carbons (Fsp3) is 0.211. The van der Waals surface area contributed by atoms with Gasteiger partial charge in [-0.15, -0.1) is 0 Å². The number of nitrogens with one attached hydrogen (secondary N) is 1. The van der Waals surface area contributed by atoms with E-state index >= 15 is 0 Å². The zero-order chi connectivity index (χ0) is 15.5. The Morgan fingerprint density at radius 2 is 1.91 bits per heavy atom. The van der Waals surface area contributed by atoms with Gasteiger partial charge in [0.1, 0.15) is 5.65 Å². The first kappa shape index (κ1) is 14.2. The minimum absolute atomic E-state index is 0.853. The molecule has 0 fully saturated rings. The van der Waals surface area contributed by atoms with Crippen molar-refractivity contribution >= 4 is 16.7 Å². The summed E-state index contributed by atoms with van der Waals surface area (Å²) in [7, 11) is 4.09. The molecular formula is C19H19N3. The van der Waals surface area contributed by atoms with Gasteiger partial charge in [0.2, 0.25) is 0 Å². The lowest BCUT2D eigenvalue weighted by molar-refractivity contribution is 1.13. The van der Waals surface area contributed by atoms with Crippen LogP contribution in [0, 0.1) is 11.8 Å². The summed E-state index contributed by atoms with van der Waals surface area (Å²) in [5, 5.41) is 1.08. The van der Waals surface area contributed by atoms with Gasteiger partial charge >= 0.3 is 0 Å². The van der Waals surface area contributed by atoms with Crippen molar-refractivity contribution in [3.63, 3.8) is 0 Å². The molecule has 3 aromatic rings. The van der Waals surface area contributed by atoms with Crippen molar-refractivity contribution in [1.82, 2.24) is 9.97 Å². The maximum absolute atomic E-state index is 4.51. The monoisotopic (exact) mass is 289 g/mol. The number of aromatic nitrogens is 2. The number of rotatable bonds is 2. The molecule has 3 nitrogen and oxygen atoms in total. The van der Waals surface area contributed by atoms with E-state index < -0.39 is 0 Å². The quantitative estimate of drug-likeness (QED) is 0.722. The van der Waals surface area contributed by atoms with Crippen LogP contribution in [-0.2, 0) is 0 Å². The van der Waals surface area contributed by atoms with E-state index in [0.717, 1.165) is 34.1 Å². The number of anilines is 1. The molecule has 1 N–H and O–H groups in total.